The van der Waals surface area contributed by atoms with E-state index in [2.05, 4.69) is 6.92 Å². The van der Waals surface area contributed by atoms with Crippen LogP contribution in [0.3, 0.4) is 0 Å². The van der Waals surface area contributed by atoms with Crippen LogP contribution < -0.4 is 0 Å². The van der Waals surface area contributed by atoms with Crippen LogP contribution in [0.2, 0.25) is 0 Å². The Morgan fingerprint density at radius 2 is 1.84 bits per heavy atom. The minimum Gasteiger partial charge on any atom is -0.479 e. The molecule has 6 heteroatoms. The third kappa shape index (κ3) is 2.50. The van der Waals surface area contributed by atoms with Crippen LogP contribution in [0.4, 0.5) is 0 Å². The van der Waals surface area contributed by atoms with Gasteiger partial charge in [-0.05, 0) is 31.6 Å². The lowest BCUT2D eigenvalue weighted by molar-refractivity contribution is -0.168. The van der Waals surface area contributed by atoms with Gasteiger partial charge in [0.2, 0.25) is 11.8 Å². The molecule has 5 nitrogen and oxygen atoms in total. The first-order chi connectivity index (χ1) is 9.01. The van der Waals surface area contributed by atoms with Gasteiger partial charge >= 0.3 is 5.97 Å². The number of aliphatic carboxylic acids is 1. The Hall–Kier alpha value is -1.04. The molecule has 0 atom stereocenters. The monoisotopic (exact) mass is 285 g/mol. The van der Waals surface area contributed by atoms with E-state index in [-0.39, 0.29) is 23.3 Å². The highest BCUT2D eigenvalue weighted by Crippen LogP contribution is 2.39. The highest BCUT2D eigenvalue weighted by molar-refractivity contribution is 8.00. The van der Waals surface area contributed by atoms with Gasteiger partial charge in [0, 0.05) is 0 Å². The van der Waals surface area contributed by atoms with Crippen molar-refractivity contribution in [3.63, 3.8) is 0 Å². The van der Waals surface area contributed by atoms with Crippen molar-refractivity contribution < 1.29 is 19.5 Å². The predicted molar refractivity (Wildman–Crippen MR) is 71.8 cm³/mol. The number of thioether (sulfide) groups is 1. The summed E-state index contributed by atoms with van der Waals surface area (Å²) in [5, 5.41) is 9.58. The highest BCUT2D eigenvalue weighted by Gasteiger charge is 2.52. The standard InChI is InChI=1S/C13H19NO4S/c1-2-9-3-5-13(6-4-9,12(17)18)14-10(15)7-19-8-11(14)16/h9H,2-8H2,1H3,(H,17,18). The van der Waals surface area contributed by atoms with Crippen molar-refractivity contribution >= 4 is 29.5 Å². The number of carboxylic acid groups (broad SMARTS) is 1. The van der Waals surface area contributed by atoms with Crippen molar-refractivity contribution in [1.82, 2.24) is 4.90 Å². The van der Waals surface area contributed by atoms with Crippen LogP contribution in [0, 0.1) is 5.92 Å². The molecule has 2 rings (SSSR count). The summed E-state index contributed by atoms with van der Waals surface area (Å²) in [4.78, 5) is 36.7. The maximum Gasteiger partial charge on any atom is 0.330 e. The van der Waals surface area contributed by atoms with Gasteiger partial charge in [0.1, 0.15) is 5.54 Å². The van der Waals surface area contributed by atoms with Crippen molar-refractivity contribution in [2.45, 2.75) is 44.6 Å². The van der Waals surface area contributed by atoms with E-state index in [4.69, 9.17) is 0 Å². The van der Waals surface area contributed by atoms with Gasteiger partial charge in [0.25, 0.3) is 0 Å². The van der Waals surface area contributed by atoms with Gasteiger partial charge in [-0.3, -0.25) is 14.5 Å². The molecule has 1 heterocycles. The van der Waals surface area contributed by atoms with E-state index in [1.165, 1.54) is 11.8 Å². The normalized spacial score (nSPS) is 32.5. The fourth-order valence-electron chi connectivity index (χ4n) is 3.07. The molecular weight excluding hydrogens is 266 g/mol. The van der Waals surface area contributed by atoms with Crippen molar-refractivity contribution in [3.8, 4) is 0 Å². The van der Waals surface area contributed by atoms with Gasteiger partial charge in [0.15, 0.2) is 0 Å². The zero-order valence-electron chi connectivity index (χ0n) is 11.1. The molecule has 2 aliphatic rings. The van der Waals surface area contributed by atoms with E-state index < -0.39 is 11.5 Å². The zero-order chi connectivity index (χ0) is 14.0. The molecule has 0 spiro atoms. The topological polar surface area (TPSA) is 74.7 Å². The number of rotatable bonds is 3. The first kappa shape index (κ1) is 14.4. The Bertz CT molecular complexity index is 385. The van der Waals surface area contributed by atoms with E-state index in [1.54, 1.807) is 0 Å². The van der Waals surface area contributed by atoms with Crippen LogP contribution in [-0.4, -0.2) is 44.8 Å². The molecule has 1 aliphatic heterocycles. The Kier molecular flexibility index (Phi) is 4.18. The van der Waals surface area contributed by atoms with E-state index in [0.717, 1.165) is 24.2 Å². The van der Waals surface area contributed by atoms with Crippen molar-refractivity contribution in [2.24, 2.45) is 5.92 Å². The third-order valence-electron chi connectivity index (χ3n) is 4.29. The lowest BCUT2D eigenvalue weighted by Crippen LogP contribution is -2.63. The Morgan fingerprint density at radius 1 is 1.32 bits per heavy atom. The quantitative estimate of drug-likeness (QED) is 0.796. The number of nitrogens with zero attached hydrogens (tertiary/aromatic N) is 1. The molecule has 0 aromatic rings. The summed E-state index contributed by atoms with van der Waals surface area (Å²) >= 11 is 1.26. The molecule has 19 heavy (non-hydrogen) atoms. The van der Waals surface area contributed by atoms with Gasteiger partial charge in [0.05, 0.1) is 11.5 Å². The lowest BCUT2D eigenvalue weighted by atomic mass is 9.74. The summed E-state index contributed by atoms with van der Waals surface area (Å²) in [7, 11) is 0. The van der Waals surface area contributed by atoms with Gasteiger partial charge in [-0.2, -0.15) is 0 Å². The largest absolute Gasteiger partial charge is 0.479 e. The molecule has 0 aromatic carbocycles. The van der Waals surface area contributed by atoms with Crippen LogP contribution in [0.1, 0.15) is 39.0 Å². The molecule has 1 aliphatic carbocycles. The van der Waals surface area contributed by atoms with E-state index in [1.807, 2.05) is 0 Å². The van der Waals surface area contributed by atoms with E-state index >= 15 is 0 Å². The van der Waals surface area contributed by atoms with E-state index in [9.17, 15) is 19.5 Å². The molecule has 2 fully saturated rings. The van der Waals surface area contributed by atoms with Crippen molar-refractivity contribution in [2.75, 3.05) is 11.5 Å². The minimum absolute atomic E-state index is 0.206. The molecular formula is C13H19NO4S. The second-order valence-electron chi connectivity index (χ2n) is 5.30. The fourth-order valence-corrected chi connectivity index (χ4v) is 3.78. The fraction of sp³-hybridized carbons (Fsp3) is 0.769. The van der Waals surface area contributed by atoms with Crippen LogP contribution in [0.5, 0.6) is 0 Å². The maximum absolute atomic E-state index is 12.0. The summed E-state index contributed by atoms with van der Waals surface area (Å²) in [6.07, 6.45) is 3.35. The van der Waals surface area contributed by atoms with Crippen LogP contribution in [0.25, 0.3) is 0 Å². The number of hydrogen-bond donors (Lipinski definition) is 1. The predicted octanol–water partition coefficient (Wildman–Crippen LogP) is 1.51. The summed E-state index contributed by atoms with van der Waals surface area (Å²) in [6, 6.07) is 0. The molecule has 106 valence electrons. The minimum atomic E-state index is -1.29. The SMILES string of the molecule is CCC1CCC(C(=O)O)(N2C(=O)CSCC2=O)CC1. The number of carbonyl (C=O) groups excluding carboxylic acids is 2. The summed E-state index contributed by atoms with van der Waals surface area (Å²) in [6.45, 7) is 2.09. The second-order valence-corrected chi connectivity index (χ2v) is 6.29. The molecule has 1 saturated heterocycles. The van der Waals surface area contributed by atoms with Crippen LogP contribution >= 0.6 is 11.8 Å². The summed E-state index contributed by atoms with van der Waals surface area (Å²) in [5.41, 5.74) is -1.29. The average Bonchev–Trinajstić information content (AvgIpc) is 2.39. The molecule has 1 saturated carbocycles. The molecule has 1 N–H and O–H groups in total. The Balaban J connectivity index is 2.27. The summed E-state index contributed by atoms with van der Waals surface area (Å²) in [5.74, 6) is -0.805. The number of amides is 2. The highest BCUT2D eigenvalue weighted by atomic mass is 32.2. The van der Waals surface area contributed by atoms with Gasteiger partial charge in [-0.25, -0.2) is 4.79 Å². The molecule has 0 radical (unpaired) electrons. The zero-order valence-corrected chi connectivity index (χ0v) is 11.9. The summed E-state index contributed by atoms with van der Waals surface area (Å²) < 4.78 is 0. The Labute approximate surface area is 116 Å². The molecule has 2 amide bonds. The van der Waals surface area contributed by atoms with Crippen LogP contribution in [0.15, 0.2) is 0 Å². The first-order valence-corrected chi connectivity index (χ1v) is 7.83. The average molecular weight is 285 g/mol. The lowest BCUT2D eigenvalue weighted by Gasteiger charge is -2.44. The maximum atomic E-state index is 12.0. The van der Waals surface area contributed by atoms with Gasteiger partial charge in [-0.1, -0.05) is 13.3 Å². The second kappa shape index (κ2) is 5.53. The number of imide groups is 1. The van der Waals surface area contributed by atoms with Crippen LogP contribution in [-0.2, 0) is 14.4 Å². The van der Waals surface area contributed by atoms with E-state index in [0.29, 0.717) is 18.8 Å². The number of hydrogen-bond acceptors (Lipinski definition) is 4. The number of carboxylic acids is 1. The van der Waals surface area contributed by atoms with Crippen molar-refractivity contribution in [1.29, 1.82) is 0 Å². The van der Waals surface area contributed by atoms with Crippen molar-refractivity contribution in [3.05, 3.63) is 0 Å². The molecule has 0 unspecified atom stereocenters. The first-order valence-electron chi connectivity index (χ1n) is 6.68. The smallest absolute Gasteiger partial charge is 0.330 e. The molecule has 0 aromatic heterocycles. The van der Waals surface area contributed by atoms with Gasteiger partial charge in [-0.15, -0.1) is 11.8 Å². The number of carbonyl (C=O) groups is 3. The third-order valence-corrected chi connectivity index (χ3v) is 5.19. The van der Waals surface area contributed by atoms with Gasteiger partial charge < -0.3 is 5.11 Å². The Morgan fingerprint density at radius 3 is 2.26 bits per heavy atom. The molecule has 0 bridgehead atoms.